The van der Waals surface area contributed by atoms with Crippen molar-refractivity contribution >= 4 is 11.9 Å². The topological polar surface area (TPSA) is 63.6 Å². The van der Waals surface area contributed by atoms with Gasteiger partial charge in [0, 0.05) is 6.42 Å². The van der Waals surface area contributed by atoms with E-state index in [0.29, 0.717) is 6.42 Å². The summed E-state index contributed by atoms with van der Waals surface area (Å²) >= 11 is 0. The first-order valence-corrected chi connectivity index (χ1v) is 11.0. The number of methoxy groups -OCH3 is 1. The van der Waals surface area contributed by atoms with Gasteiger partial charge in [-0.2, -0.15) is 0 Å². The minimum Gasteiger partial charge on any atom is -0.481 e. The van der Waals surface area contributed by atoms with Crippen LogP contribution in [0.4, 0.5) is 0 Å². The lowest BCUT2D eigenvalue weighted by Gasteiger charge is -2.04. The van der Waals surface area contributed by atoms with Gasteiger partial charge in [-0.15, -0.1) is 13.2 Å². The number of carbonyl (C=O) groups is 2. The molecule has 1 unspecified atom stereocenters. The summed E-state index contributed by atoms with van der Waals surface area (Å²) in [6.45, 7) is 9.14. The molecule has 0 aromatic rings. The first kappa shape index (κ1) is 28.6. The monoisotopic (exact) mass is 396 g/mol. The van der Waals surface area contributed by atoms with Crippen LogP contribution in [0, 0.1) is 5.92 Å². The van der Waals surface area contributed by atoms with Crippen LogP contribution in [-0.2, 0) is 14.3 Å². The molecule has 4 nitrogen and oxygen atoms in total. The van der Waals surface area contributed by atoms with Crippen molar-refractivity contribution in [2.45, 2.75) is 103 Å². The maximum atomic E-state index is 10.8. The average Bonchev–Trinajstić information content (AvgIpc) is 2.69. The first-order chi connectivity index (χ1) is 13.5. The molecule has 0 aliphatic carbocycles. The molecule has 0 rings (SSSR count). The molecule has 0 heterocycles. The Bertz CT molecular complexity index is 388. The molecule has 0 saturated carbocycles. The summed E-state index contributed by atoms with van der Waals surface area (Å²) < 4.78 is 4.56. The SMILES string of the molecule is C=CCCCCCCCC(C)C(=O)O.C=CCCCCCCCCC(=O)OC. The predicted molar refractivity (Wildman–Crippen MR) is 118 cm³/mol. The first-order valence-electron chi connectivity index (χ1n) is 11.0. The van der Waals surface area contributed by atoms with Gasteiger partial charge in [-0.05, 0) is 38.5 Å². The number of rotatable bonds is 18. The van der Waals surface area contributed by atoms with Gasteiger partial charge in [-0.3, -0.25) is 9.59 Å². The van der Waals surface area contributed by atoms with Crippen molar-refractivity contribution in [2.75, 3.05) is 7.11 Å². The number of allylic oxidation sites excluding steroid dienone is 2. The number of esters is 1. The quantitative estimate of drug-likeness (QED) is 0.153. The van der Waals surface area contributed by atoms with Crippen molar-refractivity contribution in [3.63, 3.8) is 0 Å². The molecule has 0 aliphatic heterocycles. The molecular weight excluding hydrogens is 352 g/mol. The Morgan fingerprint density at radius 3 is 1.68 bits per heavy atom. The second-order valence-electron chi connectivity index (χ2n) is 7.40. The van der Waals surface area contributed by atoms with Gasteiger partial charge in [0.25, 0.3) is 0 Å². The second kappa shape index (κ2) is 23.5. The van der Waals surface area contributed by atoms with Crippen LogP contribution in [-0.4, -0.2) is 24.2 Å². The lowest BCUT2D eigenvalue weighted by molar-refractivity contribution is -0.142. The fourth-order valence-corrected chi connectivity index (χ4v) is 2.76. The number of hydrogen-bond donors (Lipinski definition) is 1. The van der Waals surface area contributed by atoms with Crippen LogP contribution in [0.3, 0.4) is 0 Å². The van der Waals surface area contributed by atoms with Crippen LogP contribution in [0.5, 0.6) is 0 Å². The number of unbranched alkanes of at least 4 members (excludes halogenated alkanes) is 11. The zero-order chi connectivity index (χ0) is 21.5. The Hall–Kier alpha value is -1.58. The van der Waals surface area contributed by atoms with Crippen molar-refractivity contribution < 1.29 is 19.4 Å². The van der Waals surface area contributed by atoms with Crippen LogP contribution in [0.1, 0.15) is 103 Å². The fraction of sp³-hybridized carbons (Fsp3) is 0.750. The maximum absolute atomic E-state index is 10.8. The maximum Gasteiger partial charge on any atom is 0.306 e. The standard InChI is InChI=1S/2C12H22O2/c1-3-4-5-6-7-8-9-10-11-12(13)14-2;1-3-4-5-6-7-8-9-10-11(2)12(13)14/h3H,1,4-11H2,2H3;3,11H,1,4-10H2,2H3,(H,13,14). The van der Waals surface area contributed by atoms with Crippen molar-refractivity contribution in [1.29, 1.82) is 0 Å². The van der Waals surface area contributed by atoms with E-state index in [-0.39, 0.29) is 11.9 Å². The third kappa shape index (κ3) is 24.4. The molecule has 28 heavy (non-hydrogen) atoms. The molecular formula is C24H44O4. The summed E-state index contributed by atoms with van der Waals surface area (Å²) in [5, 5.41) is 8.64. The lowest BCUT2D eigenvalue weighted by Crippen LogP contribution is -2.08. The van der Waals surface area contributed by atoms with Gasteiger partial charge in [-0.1, -0.05) is 70.4 Å². The van der Waals surface area contributed by atoms with Crippen molar-refractivity contribution in [3.8, 4) is 0 Å². The Kier molecular flexibility index (Phi) is 24.0. The van der Waals surface area contributed by atoms with Gasteiger partial charge in [0.1, 0.15) is 0 Å². The van der Waals surface area contributed by atoms with E-state index in [1.165, 1.54) is 52.1 Å². The number of carboxylic acid groups (broad SMARTS) is 1. The van der Waals surface area contributed by atoms with Gasteiger partial charge in [0.2, 0.25) is 0 Å². The smallest absolute Gasteiger partial charge is 0.306 e. The van der Waals surface area contributed by atoms with Crippen LogP contribution in [0.2, 0.25) is 0 Å². The Balaban J connectivity index is 0. The molecule has 0 amide bonds. The Labute approximate surface area is 173 Å². The summed E-state index contributed by atoms with van der Waals surface area (Å²) in [4.78, 5) is 21.2. The molecule has 0 aromatic carbocycles. The van der Waals surface area contributed by atoms with E-state index in [9.17, 15) is 9.59 Å². The molecule has 1 atom stereocenters. The van der Waals surface area contributed by atoms with E-state index < -0.39 is 5.97 Å². The normalized spacial score (nSPS) is 11.1. The third-order valence-electron chi connectivity index (χ3n) is 4.73. The van der Waals surface area contributed by atoms with Crippen molar-refractivity contribution in [2.24, 2.45) is 5.92 Å². The largest absolute Gasteiger partial charge is 0.481 e. The molecule has 1 N–H and O–H groups in total. The van der Waals surface area contributed by atoms with Crippen molar-refractivity contribution in [3.05, 3.63) is 25.3 Å². The number of hydrogen-bond acceptors (Lipinski definition) is 3. The van der Waals surface area contributed by atoms with Gasteiger partial charge >= 0.3 is 11.9 Å². The highest BCUT2D eigenvalue weighted by Gasteiger charge is 2.09. The summed E-state index contributed by atoms with van der Waals surface area (Å²) in [5.74, 6) is -0.934. The molecule has 0 fully saturated rings. The molecule has 164 valence electrons. The molecule has 4 heteroatoms. The molecule has 0 saturated heterocycles. The van der Waals surface area contributed by atoms with Gasteiger partial charge < -0.3 is 9.84 Å². The van der Waals surface area contributed by atoms with Crippen molar-refractivity contribution in [1.82, 2.24) is 0 Å². The van der Waals surface area contributed by atoms with E-state index in [1.54, 1.807) is 6.92 Å². The van der Waals surface area contributed by atoms with Crippen LogP contribution in [0.25, 0.3) is 0 Å². The number of ether oxygens (including phenoxy) is 1. The van der Waals surface area contributed by atoms with Crippen LogP contribution >= 0.6 is 0 Å². The number of carbonyl (C=O) groups excluding carboxylic acids is 1. The van der Waals surface area contributed by atoms with E-state index >= 15 is 0 Å². The minimum absolute atomic E-state index is 0.0864. The lowest BCUT2D eigenvalue weighted by atomic mass is 10.0. The highest BCUT2D eigenvalue weighted by molar-refractivity contribution is 5.69. The van der Waals surface area contributed by atoms with E-state index in [1.807, 2.05) is 12.2 Å². The Morgan fingerprint density at radius 1 is 0.821 bits per heavy atom. The van der Waals surface area contributed by atoms with Gasteiger partial charge in [0.15, 0.2) is 0 Å². The highest BCUT2D eigenvalue weighted by Crippen LogP contribution is 2.12. The van der Waals surface area contributed by atoms with Gasteiger partial charge in [0.05, 0.1) is 13.0 Å². The number of aliphatic carboxylic acids is 1. The zero-order valence-electron chi connectivity index (χ0n) is 18.4. The summed E-state index contributed by atoms with van der Waals surface area (Å²) in [6.07, 6.45) is 20.6. The van der Waals surface area contributed by atoms with E-state index in [4.69, 9.17) is 5.11 Å². The minimum atomic E-state index is -0.670. The fourth-order valence-electron chi connectivity index (χ4n) is 2.76. The summed E-state index contributed by atoms with van der Waals surface area (Å²) in [7, 11) is 1.44. The third-order valence-corrected chi connectivity index (χ3v) is 4.73. The van der Waals surface area contributed by atoms with Crippen LogP contribution < -0.4 is 0 Å². The summed E-state index contributed by atoms with van der Waals surface area (Å²) in [5.41, 5.74) is 0. The molecule has 0 bridgehead atoms. The predicted octanol–water partition coefficient (Wildman–Crippen LogP) is 7.09. The van der Waals surface area contributed by atoms with Crippen LogP contribution in [0.15, 0.2) is 25.3 Å². The number of carboxylic acids is 1. The highest BCUT2D eigenvalue weighted by atomic mass is 16.5. The molecule has 0 radical (unpaired) electrons. The van der Waals surface area contributed by atoms with E-state index in [0.717, 1.165) is 44.9 Å². The zero-order valence-corrected chi connectivity index (χ0v) is 18.4. The van der Waals surface area contributed by atoms with E-state index in [2.05, 4.69) is 17.9 Å². The average molecular weight is 397 g/mol. The summed E-state index contributed by atoms with van der Waals surface area (Å²) in [6, 6.07) is 0. The molecule has 0 aliphatic rings. The Morgan fingerprint density at radius 2 is 1.25 bits per heavy atom. The second-order valence-corrected chi connectivity index (χ2v) is 7.40. The molecule has 0 spiro atoms. The van der Waals surface area contributed by atoms with Gasteiger partial charge in [-0.25, -0.2) is 0 Å². The molecule has 0 aromatic heterocycles.